The summed E-state index contributed by atoms with van der Waals surface area (Å²) in [6.07, 6.45) is 0. The van der Waals surface area contributed by atoms with Crippen molar-refractivity contribution in [2.75, 3.05) is 14.2 Å². The summed E-state index contributed by atoms with van der Waals surface area (Å²) in [5, 5.41) is 13.2. The van der Waals surface area contributed by atoms with Gasteiger partial charge in [0.05, 0.1) is 31.5 Å². The Kier molecular flexibility index (Phi) is 8.17. The number of carbonyl (C=O) groups is 1. The van der Waals surface area contributed by atoms with Gasteiger partial charge in [0.2, 0.25) is 0 Å². The molecular formula is C25H22Cl2N4O3S. The monoisotopic (exact) mass is 528 g/mol. The van der Waals surface area contributed by atoms with Crippen LogP contribution in [-0.2, 0) is 12.3 Å². The number of nitrogens with one attached hydrogen (secondary N) is 1. The van der Waals surface area contributed by atoms with E-state index in [4.69, 9.17) is 32.7 Å². The van der Waals surface area contributed by atoms with Crippen LogP contribution in [0.5, 0.6) is 11.5 Å². The van der Waals surface area contributed by atoms with E-state index in [0.717, 1.165) is 5.56 Å². The Morgan fingerprint density at radius 2 is 1.69 bits per heavy atom. The first-order valence-electron chi connectivity index (χ1n) is 10.6. The lowest BCUT2D eigenvalue weighted by atomic mass is 10.1. The van der Waals surface area contributed by atoms with E-state index in [1.807, 2.05) is 34.9 Å². The van der Waals surface area contributed by atoms with Crippen molar-refractivity contribution < 1.29 is 14.3 Å². The van der Waals surface area contributed by atoms with Crippen LogP contribution >= 0.6 is 35.0 Å². The summed E-state index contributed by atoms with van der Waals surface area (Å²) in [6.45, 7) is 0.0851. The number of aromatic nitrogens is 3. The van der Waals surface area contributed by atoms with Gasteiger partial charge in [0.1, 0.15) is 17.1 Å². The van der Waals surface area contributed by atoms with Crippen LogP contribution in [0.3, 0.4) is 0 Å². The highest BCUT2D eigenvalue weighted by Crippen LogP contribution is 2.31. The first-order chi connectivity index (χ1) is 17.0. The number of thioether (sulfide) groups is 1. The maximum absolute atomic E-state index is 13.1. The largest absolute Gasteiger partial charge is 0.496 e. The average Bonchev–Trinajstić information content (AvgIpc) is 3.29. The highest BCUT2D eigenvalue weighted by Gasteiger charge is 2.21. The van der Waals surface area contributed by atoms with Gasteiger partial charge in [-0.05, 0) is 35.9 Å². The number of amides is 1. The predicted molar refractivity (Wildman–Crippen MR) is 138 cm³/mol. The number of ether oxygens (including phenoxy) is 2. The number of hydrogen-bond acceptors (Lipinski definition) is 6. The lowest BCUT2D eigenvalue weighted by Gasteiger charge is -2.15. The second-order valence-electron chi connectivity index (χ2n) is 7.32. The molecule has 10 heteroatoms. The van der Waals surface area contributed by atoms with Gasteiger partial charge in [-0.15, -0.1) is 10.2 Å². The van der Waals surface area contributed by atoms with E-state index in [9.17, 15) is 4.79 Å². The standard InChI is InChI=1S/C25H22Cl2N4O3S/c1-33-20-9-6-10-21(34-2)23(20)24(32)28-14-22-29-30-25(35-15-16-7-4-3-5-8-16)31(22)19-13-17(26)11-12-18(19)27/h3-13H,14-15H2,1-2H3,(H,28,32). The molecule has 0 aliphatic heterocycles. The Bertz CT molecular complexity index is 1310. The molecule has 0 unspecified atom stereocenters. The first-order valence-corrected chi connectivity index (χ1v) is 12.3. The Balaban J connectivity index is 1.64. The van der Waals surface area contributed by atoms with Crippen LogP contribution in [0.4, 0.5) is 0 Å². The second-order valence-corrected chi connectivity index (χ2v) is 9.11. The van der Waals surface area contributed by atoms with Crippen LogP contribution in [0.25, 0.3) is 5.69 Å². The molecule has 1 aromatic heterocycles. The van der Waals surface area contributed by atoms with Crippen LogP contribution in [0, 0.1) is 0 Å². The van der Waals surface area contributed by atoms with Gasteiger partial charge in [0, 0.05) is 10.8 Å². The minimum absolute atomic E-state index is 0.0851. The fourth-order valence-electron chi connectivity index (χ4n) is 3.45. The summed E-state index contributed by atoms with van der Waals surface area (Å²) in [7, 11) is 3.00. The number of halogens is 2. The van der Waals surface area contributed by atoms with E-state index >= 15 is 0 Å². The molecule has 0 aliphatic rings. The van der Waals surface area contributed by atoms with E-state index < -0.39 is 0 Å². The predicted octanol–water partition coefficient (Wildman–Crippen LogP) is 5.81. The zero-order valence-corrected chi connectivity index (χ0v) is 21.3. The number of nitrogens with zero attached hydrogens (tertiary/aromatic N) is 3. The molecule has 35 heavy (non-hydrogen) atoms. The molecule has 1 amide bonds. The van der Waals surface area contributed by atoms with Crippen LogP contribution in [0.1, 0.15) is 21.7 Å². The molecule has 1 heterocycles. The summed E-state index contributed by atoms with van der Waals surface area (Å²) in [4.78, 5) is 13.1. The summed E-state index contributed by atoms with van der Waals surface area (Å²) < 4.78 is 12.5. The number of hydrogen-bond donors (Lipinski definition) is 1. The topological polar surface area (TPSA) is 78.3 Å². The molecule has 0 saturated carbocycles. The molecule has 0 fully saturated rings. The van der Waals surface area contributed by atoms with Gasteiger partial charge in [-0.2, -0.15) is 0 Å². The molecular weight excluding hydrogens is 507 g/mol. The maximum Gasteiger partial charge on any atom is 0.259 e. The van der Waals surface area contributed by atoms with Crippen LogP contribution < -0.4 is 14.8 Å². The fourth-order valence-corrected chi connectivity index (χ4v) is 4.74. The van der Waals surface area contributed by atoms with Crippen LogP contribution in [0.2, 0.25) is 10.0 Å². The third-order valence-electron chi connectivity index (χ3n) is 5.12. The SMILES string of the molecule is COc1cccc(OC)c1C(=O)NCc1nnc(SCc2ccccc2)n1-c1cc(Cl)ccc1Cl. The molecule has 3 aromatic carbocycles. The third kappa shape index (κ3) is 5.73. The van der Waals surface area contributed by atoms with E-state index in [1.54, 1.807) is 36.4 Å². The lowest BCUT2D eigenvalue weighted by molar-refractivity contribution is 0.0943. The van der Waals surface area contributed by atoms with Crippen molar-refractivity contribution in [3.8, 4) is 17.2 Å². The summed E-state index contributed by atoms with van der Waals surface area (Å²) in [5.41, 5.74) is 2.06. The van der Waals surface area contributed by atoms with E-state index in [-0.39, 0.29) is 12.5 Å². The average molecular weight is 529 g/mol. The molecule has 4 aromatic rings. The Morgan fingerprint density at radius 3 is 2.37 bits per heavy atom. The van der Waals surface area contributed by atoms with Crippen molar-refractivity contribution >= 4 is 40.9 Å². The molecule has 0 radical (unpaired) electrons. The van der Waals surface area contributed by atoms with E-state index in [2.05, 4.69) is 15.5 Å². The van der Waals surface area contributed by atoms with Crippen molar-refractivity contribution in [3.05, 3.63) is 93.7 Å². The third-order valence-corrected chi connectivity index (χ3v) is 6.68. The smallest absolute Gasteiger partial charge is 0.259 e. The van der Waals surface area contributed by atoms with Crippen LogP contribution in [-0.4, -0.2) is 34.9 Å². The van der Waals surface area contributed by atoms with Crippen molar-refractivity contribution in [2.45, 2.75) is 17.5 Å². The first kappa shape index (κ1) is 24.9. The lowest BCUT2D eigenvalue weighted by Crippen LogP contribution is -2.25. The summed E-state index contributed by atoms with van der Waals surface area (Å²) >= 11 is 14.3. The molecule has 180 valence electrons. The zero-order chi connectivity index (χ0) is 24.8. The Hall–Kier alpha value is -3.20. The molecule has 0 atom stereocenters. The van der Waals surface area contributed by atoms with E-state index in [1.165, 1.54) is 26.0 Å². The second kappa shape index (κ2) is 11.5. The van der Waals surface area contributed by atoms with Gasteiger partial charge in [-0.25, -0.2) is 0 Å². The van der Waals surface area contributed by atoms with Gasteiger partial charge in [0.25, 0.3) is 5.91 Å². The fraction of sp³-hybridized carbons (Fsp3) is 0.160. The molecule has 0 spiro atoms. The Labute approximate surface area is 217 Å². The molecule has 0 saturated heterocycles. The van der Waals surface area contributed by atoms with Gasteiger partial charge in [0.15, 0.2) is 11.0 Å². The van der Waals surface area contributed by atoms with Gasteiger partial charge >= 0.3 is 0 Å². The molecule has 0 bridgehead atoms. The Morgan fingerprint density at radius 1 is 0.971 bits per heavy atom. The number of carbonyl (C=O) groups excluding carboxylic acids is 1. The van der Waals surface area contributed by atoms with Crippen molar-refractivity contribution in [2.24, 2.45) is 0 Å². The molecule has 7 nitrogen and oxygen atoms in total. The summed E-state index contributed by atoms with van der Waals surface area (Å²) in [6, 6.07) is 20.4. The molecule has 0 aliphatic carbocycles. The minimum atomic E-state index is -0.371. The highest BCUT2D eigenvalue weighted by molar-refractivity contribution is 7.98. The van der Waals surface area contributed by atoms with Gasteiger partial charge in [-0.1, -0.05) is 71.4 Å². The van der Waals surface area contributed by atoms with Gasteiger partial charge < -0.3 is 14.8 Å². The van der Waals surface area contributed by atoms with Crippen molar-refractivity contribution in [1.82, 2.24) is 20.1 Å². The van der Waals surface area contributed by atoms with E-state index in [0.29, 0.717) is 49.5 Å². The molecule has 4 rings (SSSR count). The maximum atomic E-state index is 13.1. The minimum Gasteiger partial charge on any atom is -0.496 e. The normalized spacial score (nSPS) is 10.7. The summed E-state index contributed by atoms with van der Waals surface area (Å²) in [5.74, 6) is 1.61. The number of benzene rings is 3. The highest BCUT2D eigenvalue weighted by atomic mass is 35.5. The molecule has 1 N–H and O–H groups in total. The quantitative estimate of drug-likeness (QED) is 0.276. The van der Waals surface area contributed by atoms with Crippen molar-refractivity contribution in [3.63, 3.8) is 0 Å². The van der Waals surface area contributed by atoms with Crippen LogP contribution in [0.15, 0.2) is 71.9 Å². The zero-order valence-electron chi connectivity index (χ0n) is 19.0. The van der Waals surface area contributed by atoms with Crippen molar-refractivity contribution in [1.29, 1.82) is 0 Å². The van der Waals surface area contributed by atoms with Gasteiger partial charge in [-0.3, -0.25) is 9.36 Å². The number of methoxy groups -OCH3 is 2. The number of rotatable bonds is 9.